The molecule has 0 saturated heterocycles. The summed E-state index contributed by atoms with van der Waals surface area (Å²) < 4.78 is 1.60. The summed E-state index contributed by atoms with van der Waals surface area (Å²) >= 11 is 1.55. The monoisotopic (exact) mass is 696 g/mol. The van der Waals surface area contributed by atoms with Crippen LogP contribution in [0.1, 0.15) is 74.9 Å². The van der Waals surface area contributed by atoms with E-state index in [4.69, 9.17) is 0 Å². The molecule has 44 heavy (non-hydrogen) atoms. The average molecular weight is 699 g/mol. The molecule has 0 nitrogen and oxygen atoms in total. The normalized spacial score (nSPS) is 11.3. The quantitative estimate of drug-likeness (QED) is 0.242. The number of rotatable bonds is 4. The summed E-state index contributed by atoms with van der Waals surface area (Å²) in [6, 6.07) is 46.6. The zero-order valence-corrected chi connectivity index (χ0v) is 30.9. The van der Waals surface area contributed by atoms with Crippen LogP contribution in [-0.4, -0.2) is 3.21 Å². The first-order valence-electron chi connectivity index (χ1n) is 15.0. The van der Waals surface area contributed by atoms with Crippen LogP contribution in [0.3, 0.4) is 0 Å². The van der Waals surface area contributed by atoms with Crippen molar-refractivity contribution in [2.24, 2.45) is 0 Å². The molecule has 0 spiro atoms. The molecular weight excluding hydrogens is 655 g/mol. The van der Waals surface area contributed by atoms with E-state index in [1.807, 2.05) is 30.3 Å². The van der Waals surface area contributed by atoms with Crippen LogP contribution in [0.4, 0.5) is 0 Å². The van der Waals surface area contributed by atoms with Crippen molar-refractivity contribution >= 4 is 3.21 Å². The summed E-state index contributed by atoms with van der Waals surface area (Å²) in [6.07, 6.45) is 3.26. The maximum Gasteiger partial charge on any atom is -0.172 e. The molecule has 0 atom stereocenters. The second-order valence-electron chi connectivity index (χ2n) is 13.2. The standard InChI is InChI=1S/C21H25.C15H14.C5H5.2ClH.Zr/c1-20(2,3)16-7-9-18-14(12-16)11-15-13-17(21(4,5)6)8-10-19(15)18;1-3-8-14(9-4-1)12-7-13-15-10-5-2-6-11-15;1-2-4-5-3-1;;;/h7-10,12H,11H2,1-6H3;1-6,8-11H,12-13H2;1-5H;2*1H;/q-1;;-1;;;+2/p-2. The predicted octanol–water partition coefficient (Wildman–Crippen LogP) is 4.26. The van der Waals surface area contributed by atoms with Crippen LogP contribution in [0.2, 0.25) is 0 Å². The van der Waals surface area contributed by atoms with Crippen LogP contribution in [-0.2, 0) is 54.3 Å². The number of benzene rings is 4. The topological polar surface area (TPSA) is 0 Å². The van der Waals surface area contributed by atoms with Gasteiger partial charge < -0.3 is 24.8 Å². The predicted molar refractivity (Wildman–Crippen MR) is 178 cm³/mol. The van der Waals surface area contributed by atoms with E-state index >= 15 is 0 Å². The Morgan fingerprint density at radius 1 is 0.659 bits per heavy atom. The molecule has 0 aliphatic heterocycles. The summed E-state index contributed by atoms with van der Waals surface area (Å²) in [5, 5.41) is 0. The van der Waals surface area contributed by atoms with Gasteiger partial charge in [0.2, 0.25) is 0 Å². The second kappa shape index (κ2) is 17.3. The summed E-state index contributed by atoms with van der Waals surface area (Å²) in [5.41, 5.74) is 11.5. The fourth-order valence-electron chi connectivity index (χ4n) is 5.10. The maximum absolute atomic E-state index is 3.67. The van der Waals surface area contributed by atoms with E-state index in [9.17, 15) is 0 Å². The van der Waals surface area contributed by atoms with Crippen LogP contribution < -0.4 is 24.8 Å². The number of hydrogen-bond donors (Lipinski definition) is 0. The van der Waals surface area contributed by atoms with E-state index < -0.39 is 0 Å². The van der Waals surface area contributed by atoms with E-state index in [2.05, 4.69) is 139 Å². The van der Waals surface area contributed by atoms with Gasteiger partial charge in [-0.15, -0.1) is 11.1 Å². The average Bonchev–Trinajstić information content (AvgIpc) is 3.65. The van der Waals surface area contributed by atoms with Gasteiger partial charge >= 0.3 is 112 Å². The molecule has 0 unspecified atom stereocenters. The molecule has 0 amide bonds. The Kier molecular flexibility index (Phi) is 14.9. The summed E-state index contributed by atoms with van der Waals surface area (Å²) in [7, 11) is 0. The van der Waals surface area contributed by atoms with Gasteiger partial charge in [-0.2, -0.15) is 42.0 Å². The van der Waals surface area contributed by atoms with E-state index in [0.29, 0.717) is 0 Å². The van der Waals surface area contributed by atoms with Gasteiger partial charge in [-0.05, 0) is 28.4 Å². The zero-order valence-electron chi connectivity index (χ0n) is 26.9. The third-order valence-corrected chi connectivity index (χ3v) is 8.41. The Balaban J connectivity index is 0.000000260. The molecule has 0 radical (unpaired) electrons. The van der Waals surface area contributed by atoms with Crippen LogP contribution >= 0.6 is 0 Å². The van der Waals surface area contributed by atoms with Crippen LogP contribution in [0.5, 0.6) is 0 Å². The fraction of sp³-hybridized carbons (Fsp3) is 0.268. The molecule has 3 heteroatoms. The number of hydrogen-bond acceptors (Lipinski definition) is 0. The molecule has 5 aromatic carbocycles. The first-order chi connectivity index (χ1) is 20.0. The second-order valence-corrected chi connectivity index (χ2v) is 14.9. The number of fused-ring (bicyclic) bond motifs is 3. The number of halogens is 2. The molecule has 0 saturated carbocycles. The van der Waals surface area contributed by atoms with Gasteiger partial charge in [-0.3, -0.25) is 0 Å². The van der Waals surface area contributed by atoms with Crippen LogP contribution in [0.15, 0.2) is 121 Å². The summed E-state index contributed by atoms with van der Waals surface area (Å²) in [5.74, 6) is 0. The van der Waals surface area contributed by atoms with Crippen LogP contribution in [0.25, 0.3) is 11.1 Å². The Morgan fingerprint density at radius 2 is 1.18 bits per heavy atom. The molecule has 1 aliphatic rings. The molecular formula is C41H44Cl2Zr-2. The van der Waals surface area contributed by atoms with E-state index in [-0.39, 0.29) is 35.6 Å². The maximum atomic E-state index is 3.67. The van der Waals surface area contributed by atoms with Crippen molar-refractivity contribution in [3.05, 3.63) is 161 Å². The van der Waals surface area contributed by atoms with Gasteiger partial charge in [0.15, 0.2) is 0 Å². The van der Waals surface area contributed by atoms with Crippen molar-refractivity contribution in [1.29, 1.82) is 0 Å². The van der Waals surface area contributed by atoms with Gasteiger partial charge in [0.05, 0.1) is 0 Å². The van der Waals surface area contributed by atoms with Crippen molar-refractivity contribution in [2.75, 3.05) is 0 Å². The molecule has 6 rings (SSSR count). The third kappa shape index (κ3) is 11.2. The molecule has 0 N–H and O–H groups in total. The van der Waals surface area contributed by atoms with E-state index in [0.717, 1.165) is 19.3 Å². The van der Waals surface area contributed by atoms with Crippen LogP contribution in [0, 0.1) is 6.07 Å². The SMILES string of the molecule is CC(C)(C)c1[c-]c2c(cc1)-c1ccc(C(C)(C)C)cc1C2.[Cl-].[Cl-].[Zr+2]=[C](Cc1ccccc1)Cc1ccccc1.c1cc[cH-]c1. The fourth-order valence-corrected chi connectivity index (χ4v) is 6.10. The van der Waals surface area contributed by atoms with Crippen molar-refractivity contribution in [2.45, 2.75) is 71.6 Å². The smallest absolute Gasteiger partial charge is 0.172 e. The molecule has 0 heterocycles. The molecule has 1 aliphatic carbocycles. The largest absolute Gasteiger partial charge is 0.214 e. The molecule has 5 aromatic rings. The molecule has 0 aromatic heterocycles. The molecule has 0 fully saturated rings. The first-order valence-corrected chi connectivity index (χ1v) is 16.2. The van der Waals surface area contributed by atoms with Gasteiger partial charge in [0.1, 0.15) is 0 Å². The van der Waals surface area contributed by atoms with E-state index in [1.54, 1.807) is 27.4 Å². The Bertz CT molecular complexity index is 1430. The minimum absolute atomic E-state index is 0. The first kappa shape index (κ1) is 37.7. The van der Waals surface area contributed by atoms with Gasteiger partial charge in [-0.25, -0.2) is 12.1 Å². The van der Waals surface area contributed by atoms with Crippen molar-refractivity contribution in [3.8, 4) is 11.1 Å². The third-order valence-electron chi connectivity index (χ3n) is 7.54. The molecule has 228 valence electrons. The van der Waals surface area contributed by atoms with Crippen molar-refractivity contribution < 1.29 is 49.0 Å². The molecule has 0 bridgehead atoms. The minimum Gasteiger partial charge on any atom is -0.214 e. The van der Waals surface area contributed by atoms with Gasteiger partial charge in [0, 0.05) is 0 Å². The van der Waals surface area contributed by atoms with Crippen molar-refractivity contribution in [3.63, 3.8) is 0 Å². The Morgan fingerprint density at radius 3 is 1.64 bits per heavy atom. The van der Waals surface area contributed by atoms with Gasteiger partial charge in [0.25, 0.3) is 0 Å². The van der Waals surface area contributed by atoms with Crippen molar-refractivity contribution in [1.82, 2.24) is 0 Å². The van der Waals surface area contributed by atoms with Gasteiger partial charge in [-0.1, -0.05) is 65.3 Å². The zero-order chi connectivity index (χ0) is 30.2. The summed E-state index contributed by atoms with van der Waals surface area (Å²) in [6.45, 7) is 13.6. The Hall–Kier alpha value is -2.44. The Labute approximate surface area is 293 Å². The summed E-state index contributed by atoms with van der Waals surface area (Å²) in [4.78, 5) is 0. The van der Waals surface area contributed by atoms with E-state index in [1.165, 1.54) is 44.5 Å². The minimum atomic E-state index is 0.